The second kappa shape index (κ2) is 10.8. The maximum Gasteiger partial charge on any atom is 0.308 e. The maximum atomic E-state index is 14.0. The zero-order valence-electron chi connectivity index (χ0n) is 25.8. The average molecular weight is 585 g/mol. The number of ether oxygens (including phenoxy) is 2. The van der Waals surface area contributed by atoms with Crippen molar-refractivity contribution in [3.05, 3.63) is 64.7 Å². The van der Waals surface area contributed by atoms with Gasteiger partial charge in [0.05, 0.1) is 12.1 Å². The molecule has 43 heavy (non-hydrogen) atoms. The van der Waals surface area contributed by atoms with E-state index in [-0.39, 0.29) is 35.5 Å². The van der Waals surface area contributed by atoms with E-state index in [1.165, 1.54) is 18.1 Å². The number of aliphatic hydroxyl groups excluding tert-OH is 1. The summed E-state index contributed by atoms with van der Waals surface area (Å²) in [7, 11) is 0. The fourth-order valence-electron chi connectivity index (χ4n) is 8.92. The van der Waals surface area contributed by atoms with Crippen LogP contribution in [0.4, 0.5) is 0 Å². The molecule has 0 aromatic heterocycles. The summed E-state index contributed by atoms with van der Waals surface area (Å²) in [5, 5.41) is 10.1. The van der Waals surface area contributed by atoms with Crippen LogP contribution in [0.15, 0.2) is 42.5 Å². The van der Waals surface area contributed by atoms with E-state index in [1.54, 1.807) is 6.08 Å². The van der Waals surface area contributed by atoms with Crippen LogP contribution in [-0.4, -0.2) is 70.7 Å². The molecule has 3 aliphatic carbocycles. The molecule has 2 saturated carbocycles. The lowest BCUT2D eigenvalue weighted by molar-refractivity contribution is -0.138. The first kappa shape index (κ1) is 28.6. The van der Waals surface area contributed by atoms with Crippen molar-refractivity contribution >= 4 is 18.0 Å². The summed E-state index contributed by atoms with van der Waals surface area (Å²) in [6, 6.07) is 12.5. The topological polar surface area (TPSA) is 79.3 Å². The summed E-state index contributed by atoms with van der Waals surface area (Å²) >= 11 is 0. The second-order valence-corrected chi connectivity index (χ2v) is 14.1. The van der Waals surface area contributed by atoms with Crippen LogP contribution in [0.1, 0.15) is 68.7 Å². The highest BCUT2D eigenvalue weighted by Gasteiger charge is 2.67. The quantitative estimate of drug-likeness (QED) is 0.270. The molecule has 2 aromatic carbocycles. The summed E-state index contributed by atoms with van der Waals surface area (Å²) in [5.74, 6) is 1.94. The van der Waals surface area contributed by atoms with Gasteiger partial charge in [0, 0.05) is 49.0 Å². The monoisotopic (exact) mass is 584 g/mol. The van der Waals surface area contributed by atoms with Crippen molar-refractivity contribution in [3.8, 4) is 11.5 Å². The highest BCUT2D eigenvalue weighted by Crippen LogP contribution is 2.64. The van der Waals surface area contributed by atoms with Crippen molar-refractivity contribution in [2.75, 3.05) is 19.6 Å². The molecule has 1 saturated heterocycles. The van der Waals surface area contributed by atoms with E-state index < -0.39 is 0 Å². The minimum Gasteiger partial charge on any atom is -0.483 e. The van der Waals surface area contributed by atoms with Gasteiger partial charge in [-0.2, -0.15) is 0 Å². The lowest BCUT2D eigenvalue weighted by atomic mass is 9.51. The first-order chi connectivity index (χ1) is 20.7. The number of carbonyl (C=O) groups is 2. The van der Waals surface area contributed by atoms with Gasteiger partial charge in [-0.05, 0) is 80.7 Å². The molecular weight excluding hydrogens is 540 g/mol. The number of benzene rings is 2. The van der Waals surface area contributed by atoms with E-state index in [0.717, 1.165) is 56.3 Å². The van der Waals surface area contributed by atoms with Crippen molar-refractivity contribution in [2.24, 2.45) is 17.8 Å². The molecule has 3 fully saturated rings. The minimum absolute atomic E-state index is 0.0163. The molecule has 2 aromatic rings. The van der Waals surface area contributed by atoms with Crippen LogP contribution in [0.2, 0.25) is 0 Å². The Hall–Kier alpha value is -3.16. The molecule has 7 nitrogen and oxygen atoms in total. The van der Waals surface area contributed by atoms with Crippen molar-refractivity contribution in [1.82, 2.24) is 9.80 Å². The van der Waals surface area contributed by atoms with E-state index in [2.05, 4.69) is 48.8 Å². The second-order valence-electron chi connectivity index (χ2n) is 14.1. The number of rotatable bonds is 8. The van der Waals surface area contributed by atoms with Crippen LogP contribution in [-0.2, 0) is 21.4 Å². The van der Waals surface area contributed by atoms with Crippen molar-refractivity contribution in [3.63, 3.8) is 0 Å². The predicted molar refractivity (Wildman–Crippen MR) is 165 cm³/mol. The third-order valence-electron chi connectivity index (χ3n) is 10.7. The minimum atomic E-state index is -0.357. The van der Waals surface area contributed by atoms with Crippen LogP contribution >= 0.6 is 0 Å². The van der Waals surface area contributed by atoms with Crippen LogP contribution in [0.25, 0.3) is 6.08 Å². The number of hydrogen-bond donors (Lipinski definition) is 1. The number of nitrogens with zero attached hydrogens (tertiary/aromatic N) is 2. The third-order valence-corrected chi connectivity index (χ3v) is 10.7. The number of likely N-dealkylation sites (tertiary alicyclic amines) is 1. The molecule has 2 heterocycles. The first-order valence-electron chi connectivity index (χ1n) is 16.1. The number of aryl methyl sites for hydroxylation is 1. The highest BCUT2D eigenvalue weighted by atomic mass is 16.6. The molecule has 7 rings (SSSR count). The van der Waals surface area contributed by atoms with Gasteiger partial charge < -0.3 is 19.5 Å². The molecule has 1 N–H and O–H groups in total. The molecule has 2 unspecified atom stereocenters. The highest BCUT2D eigenvalue weighted by molar-refractivity contribution is 5.92. The Morgan fingerprint density at radius 1 is 1.23 bits per heavy atom. The number of amides is 1. The number of hydrogen-bond acceptors (Lipinski definition) is 6. The molecular formula is C36H44N2O5. The van der Waals surface area contributed by atoms with Crippen molar-refractivity contribution < 1.29 is 24.2 Å². The zero-order chi connectivity index (χ0) is 30.0. The van der Waals surface area contributed by atoms with E-state index in [4.69, 9.17) is 9.47 Å². The molecule has 2 aliphatic heterocycles. The lowest BCUT2D eigenvalue weighted by Crippen LogP contribution is -2.69. The van der Waals surface area contributed by atoms with E-state index >= 15 is 0 Å². The Balaban J connectivity index is 1.27. The predicted octanol–water partition coefficient (Wildman–Crippen LogP) is 4.91. The average Bonchev–Trinajstić information content (AvgIpc) is 3.54. The molecule has 2 bridgehead atoms. The molecule has 7 atom stereocenters. The van der Waals surface area contributed by atoms with Gasteiger partial charge in [-0.3, -0.25) is 14.5 Å². The summed E-state index contributed by atoms with van der Waals surface area (Å²) in [5.41, 5.74) is 4.44. The van der Waals surface area contributed by atoms with Crippen molar-refractivity contribution in [2.45, 2.75) is 89.5 Å². The number of aliphatic hydroxyl groups is 1. The van der Waals surface area contributed by atoms with Gasteiger partial charge in [-0.1, -0.05) is 49.7 Å². The van der Waals surface area contributed by atoms with Gasteiger partial charge >= 0.3 is 5.97 Å². The Morgan fingerprint density at radius 2 is 2.05 bits per heavy atom. The van der Waals surface area contributed by atoms with Crippen molar-refractivity contribution in [1.29, 1.82) is 0 Å². The summed E-state index contributed by atoms with van der Waals surface area (Å²) < 4.78 is 12.7. The molecule has 228 valence electrons. The Kier molecular flexibility index (Phi) is 7.17. The Morgan fingerprint density at radius 3 is 2.77 bits per heavy atom. The summed E-state index contributed by atoms with van der Waals surface area (Å²) in [6.07, 6.45) is 7.95. The first-order valence-corrected chi connectivity index (χ1v) is 16.1. The van der Waals surface area contributed by atoms with Gasteiger partial charge in [-0.15, -0.1) is 0 Å². The van der Waals surface area contributed by atoms with Gasteiger partial charge in [0.25, 0.3) is 0 Å². The van der Waals surface area contributed by atoms with Gasteiger partial charge in [0.2, 0.25) is 5.91 Å². The summed E-state index contributed by atoms with van der Waals surface area (Å²) in [6.45, 7) is 10.4. The Bertz CT molecular complexity index is 1470. The van der Waals surface area contributed by atoms with Crippen LogP contribution in [0, 0.1) is 24.7 Å². The third kappa shape index (κ3) is 4.89. The fourth-order valence-corrected chi connectivity index (χ4v) is 8.92. The van der Waals surface area contributed by atoms with Gasteiger partial charge in [0.15, 0.2) is 11.5 Å². The van der Waals surface area contributed by atoms with Crippen LogP contribution in [0.3, 0.4) is 0 Å². The normalized spacial score (nSPS) is 32.0. The van der Waals surface area contributed by atoms with Gasteiger partial charge in [0.1, 0.15) is 6.10 Å². The molecule has 0 radical (unpaired) electrons. The number of carbonyl (C=O) groups excluding carboxylic acids is 2. The van der Waals surface area contributed by atoms with Crippen LogP contribution in [0.5, 0.6) is 11.5 Å². The number of esters is 1. The zero-order valence-corrected chi connectivity index (χ0v) is 25.8. The lowest BCUT2D eigenvalue weighted by Gasteiger charge is -2.60. The molecule has 7 heteroatoms. The smallest absolute Gasteiger partial charge is 0.308 e. The van der Waals surface area contributed by atoms with E-state index in [1.807, 2.05) is 24.3 Å². The van der Waals surface area contributed by atoms with E-state index in [0.29, 0.717) is 41.8 Å². The Labute approximate surface area is 254 Å². The molecule has 1 spiro atoms. The standard InChI is InChI=1S/C36H44N2O5/c1-21(2)19-38(32(41)13-8-24-7-5-6-22(3)16-24)28-11-10-27-29-17-25-9-12-31(42-23(4)39)34-33(25)36(27,35(28)43-34)14-15-37(29)20-26-18-30(26)40/h5-9,12-13,16,21,26-30,35,40H,10-11,14-15,17-20H2,1-4H3/t26?,27-,28-,29+,30?,35-,36-/m0/s1. The summed E-state index contributed by atoms with van der Waals surface area (Å²) in [4.78, 5) is 30.9. The number of piperidine rings is 1. The molecule has 5 aliphatic rings. The molecule has 1 amide bonds. The van der Waals surface area contributed by atoms with Crippen LogP contribution < -0.4 is 9.47 Å². The van der Waals surface area contributed by atoms with Gasteiger partial charge in [-0.25, -0.2) is 0 Å². The maximum absolute atomic E-state index is 14.0. The van der Waals surface area contributed by atoms with E-state index in [9.17, 15) is 14.7 Å². The largest absolute Gasteiger partial charge is 0.483 e. The fraction of sp³-hybridized carbons (Fsp3) is 0.556. The SMILES string of the molecule is CC(=O)Oc1ccc2c3c1O[C@H]1[C@@H](N(CC(C)C)C(=O)C=Cc4cccc(C)c4)CC[C@H]4[C@@H](C2)N(CC2CC2O)CC[C@@]341.